The van der Waals surface area contributed by atoms with Gasteiger partial charge in [-0.15, -0.1) is 11.3 Å². The highest BCUT2D eigenvalue weighted by Gasteiger charge is 2.31. The van der Waals surface area contributed by atoms with E-state index < -0.39 is 10.0 Å². The van der Waals surface area contributed by atoms with Gasteiger partial charge in [0.25, 0.3) is 10.0 Å². The van der Waals surface area contributed by atoms with Gasteiger partial charge >= 0.3 is 0 Å². The fraction of sp³-hybridized carbons (Fsp3) is 0.333. The molecule has 106 valence electrons. The van der Waals surface area contributed by atoms with Gasteiger partial charge in [0, 0.05) is 0 Å². The molecule has 0 unspecified atom stereocenters. The van der Waals surface area contributed by atoms with E-state index in [1.807, 2.05) is 43.5 Å². The molecular formula is C15H17NO2S2. The second kappa shape index (κ2) is 4.90. The van der Waals surface area contributed by atoms with Crippen molar-refractivity contribution in [2.24, 2.45) is 0 Å². The fourth-order valence-corrected chi connectivity index (χ4v) is 4.93. The van der Waals surface area contributed by atoms with Crippen molar-refractivity contribution in [2.45, 2.75) is 36.8 Å². The van der Waals surface area contributed by atoms with Gasteiger partial charge in [-0.3, -0.25) is 4.72 Å². The van der Waals surface area contributed by atoms with Crippen molar-refractivity contribution in [1.29, 1.82) is 0 Å². The lowest BCUT2D eigenvalue weighted by Crippen LogP contribution is -2.14. The highest BCUT2D eigenvalue weighted by molar-refractivity contribution is 7.94. The van der Waals surface area contributed by atoms with Crippen molar-refractivity contribution in [3.63, 3.8) is 0 Å². The van der Waals surface area contributed by atoms with Crippen molar-refractivity contribution in [3.05, 3.63) is 46.3 Å². The number of anilines is 1. The molecular weight excluding hydrogens is 290 g/mol. The molecule has 0 spiro atoms. The summed E-state index contributed by atoms with van der Waals surface area (Å²) in [5, 5.41) is 1.87. The molecule has 1 aliphatic rings. The SMILES string of the molecule is Cc1cccc(NS(=O)(=O)c2sccc2C2CC2)c1C. The van der Waals surface area contributed by atoms with E-state index in [0.717, 1.165) is 29.5 Å². The van der Waals surface area contributed by atoms with Crippen LogP contribution < -0.4 is 4.72 Å². The Bertz CT molecular complexity index is 743. The van der Waals surface area contributed by atoms with Crippen LogP contribution in [0.3, 0.4) is 0 Å². The minimum atomic E-state index is -3.48. The minimum Gasteiger partial charge on any atom is -0.279 e. The summed E-state index contributed by atoms with van der Waals surface area (Å²) in [5.74, 6) is 0.437. The topological polar surface area (TPSA) is 46.2 Å². The lowest BCUT2D eigenvalue weighted by molar-refractivity contribution is 0.602. The van der Waals surface area contributed by atoms with Gasteiger partial charge in [-0.1, -0.05) is 12.1 Å². The largest absolute Gasteiger partial charge is 0.279 e. The van der Waals surface area contributed by atoms with E-state index in [9.17, 15) is 8.42 Å². The molecule has 0 bridgehead atoms. The van der Waals surface area contributed by atoms with E-state index in [2.05, 4.69) is 4.72 Å². The maximum absolute atomic E-state index is 12.6. The maximum Gasteiger partial charge on any atom is 0.271 e. The Hall–Kier alpha value is -1.33. The van der Waals surface area contributed by atoms with Crippen molar-refractivity contribution >= 4 is 27.0 Å². The Balaban J connectivity index is 1.96. The average molecular weight is 307 g/mol. The zero-order valence-electron chi connectivity index (χ0n) is 11.5. The van der Waals surface area contributed by atoms with Crippen LogP contribution in [-0.2, 0) is 10.0 Å². The first-order valence-corrected chi connectivity index (χ1v) is 9.02. The number of nitrogens with one attached hydrogen (secondary N) is 1. The molecule has 1 fully saturated rings. The monoisotopic (exact) mass is 307 g/mol. The van der Waals surface area contributed by atoms with E-state index in [1.165, 1.54) is 11.3 Å². The standard InChI is InChI=1S/C15H17NO2S2/c1-10-4-3-5-14(11(10)2)16-20(17,18)15-13(8-9-19-15)12-6-7-12/h3-5,8-9,12,16H,6-7H2,1-2H3. The van der Waals surface area contributed by atoms with E-state index in [0.29, 0.717) is 15.8 Å². The van der Waals surface area contributed by atoms with Crippen LogP contribution in [0.25, 0.3) is 0 Å². The Morgan fingerprint density at radius 1 is 1.20 bits per heavy atom. The van der Waals surface area contributed by atoms with Crippen LogP contribution >= 0.6 is 11.3 Å². The number of aryl methyl sites for hydroxylation is 1. The predicted octanol–water partition coefficient (Wildman–Crippen LogP) is 4.04. The molecule has 1 N–H and O–H groups in total. The molecule has 0 saturated heterocycles. The number of rotatable bonds is 4. The zero-order valence-corrected chi connectivity index (χ0v) is 13.1. The molecule has 2 aromatic rings. The summed E-state index contributed by atoms with van der Waals surface area (Å²) < 4.78 is 28.4. The van der Waals surface area contributed by atoms with Gasteiger partial charge in [-0.25, -0.2) is 8.42 Å². The third kappa shape index (κ3) is 2.47. The summed E-state index contributed by atoms with van der Waals surface area (Å²) >= 11 is 1.30. The van der Waals surface area contributed by atoms with E-state index in [4.69, 9.17) is 0 Å². The second-order valence-electron chi connectivity index (χ2n) is 5.29. The lowest BCUT2D eigenvalue weighted by atomic mass is 10.1. The molecule has 0 radical (unpaired) electrons. The predicted molar refractivity (Wildman–Crippen MR) is 83.0 cm³/mol. The van der Waals surface area contributed by atoms with Crippen LogP contribution in [-0.4, -0.2) is 8.42 Å². The van der Waals surface area contributed by atoms with Crippen molar-refractivity contribution in [3.8, 4) is 0 Å². The zero-order chi connectivity index (χ0) is 14.3. The third-order valence-electron chi connectivity index (χ3n) is 3.77. The molecule has 3 rings (SSSR count). The number of hydrogen-bond acceptors (Lipinski definition) is 3. The maximum atomic E-state index is 12.6. The van der Waals surface area contributed by atoms with Gasteiger partial charge in [0.05, 0.1) is 5.69 Å². The van der Waals surface area contributed by atoms with E-state index in [-0.39, 0.29) is 0 Å². The summed E-state index contributed by atoms with van der Waals surface area (Å²) in [6, 6.07) is 7.61. The van der Waals surface area contributed by atoms with Crippen LogP contribution in [0.15, 0.2) is 33.9 Å². The van der Waals surface area contributed by atoms with Gasteiger partial charge in [-0.05, 0) is 66.8 Å². The summed E-state index contributed by atoms with van der Waals surface area (Å²) in [7, 11) is -3.48. The van der Waals surface area contributed by atoms with Crippen LogP contribution in [0.4, 0.5) is 5.69 Å². The molecule has 0 atom stereocenters. The highest BCUT2D eigenvalue weighted by atomic mass is 32.2. The van der Waals surface area contributed by atoms with Crippen molar-refractivity contribution < 1.29 is 8.42 Å². The molecule has 0 amide bonds. The van der Waals surface area contributed by atoms with Crippen LogP contribution in [0.2, 0.25) is 0 Å². The second-order valence-corrected chi connectivity index (χ2v) is 8.08. The number of sulfonamides is 1. The molecule has 20 heavy (non-hydrogen) atoms. The van der Waals surface area contributed by atoms with Gasteiger partial charge in [0.1, 0.15) is 4.21 Å². The molecule has 1 aliphatic carbocycles. The fourth-order valence-electron chi connectivity index (χ4n) is 2.27. The number of thiophene rings is 1. The first kappa shape index (κ1) is 13.6. The van der Waals surface area contributed by atoms with Crippen LogP contribution in [0.1, 0.15) is 35.4 Å². The molecule has 1 heterocycles. The molecule has 1 aromatic carbocycles. The molecule has 0 aliphatic heterocycles. The van der Waals surface area contributed by atoms with E-state index >= 15 is 0 Å². The number of hydrogen-bond donors (Lipinski definition) is 1. The van der Waals surface area contributed by atoms with Gasteiger partial charge < -0.3 is 0 Å². The average Bonchev–Trinajstić information content (AvgIpc) is 3.11. The van der Waals surface area contributed by atoms with Crippen molar-refractivity contribution in [2.75, 3.05) is 4.72 Å². The Labute approximate surface area is 123 Å². The van der Waals surface area contributed by atoms with Gasteiger partial charge in [-0.2, -0.15) is 0 Å². The van der Waals surface area contributed by atoms with Crippen LogP contribution in [0.5, 0.6) is 0 Å². The van der Waals surface area contributed by atoms with Gasteiger partial charge in [0.2, 0.25) is 0 Å². The molecule has 1 saturated carbocycles. The van der Waals surface area contributed by atoms with E-state index in [1.54, 1.807) is 0 Å². The highest BCUT2D eigenvalue weighted by Crippen LogP contribution is 2.45. The first-order valence-electron chi connectivity index (χ1n) is 6.65. The molecule has 5 heteroatoms. The minimum absolute atomic E-state index is 0.437. The Morgan fingerprint density at radius 3 is 2.65 bits per heavy atom. The van der Waals surface area contributed by atoms with Crippen LogP contribution in [0, 0.1) is 13.8 Å². The smallest absolute Gasteiger partial charge is 0.271 e. The first-order chi connectivity index (χ1) is 9.49. The summed E-state index contributed by atoms with van der Waals surface area (Å²) in [6.45, 7) is 3.91. The summed E-state index contributed by atoms with van der Waals surface area (Å²) in [6.07, 6.45) is 2.20. The van der Waals surface area contributed by atoms with Gasteiger partial charge in [0.15, 0.2) is 0 Å². The van der Waals surface area contributed by atoms with Crippen molar-refractivity contribution in [1.82, 2.24) is 0 Å². The quantitative estimate of drug-likeness (QED) is 0.926. The molecule has 3 nitrogen and oxygen atoms in total. The summed E-state index contributed by atoms with van der Waals surface area (Å²) in [4.78, 5) is 0. The normalized spacial score (nSPS) is 15.3. The lowest BCUT2D eigenvalue weighted by Gasteiger charge is -2.12. The Morgan fingerprint density at radius 2 is 1.95 bits per heavy atom. The Kier molecular flexibility index (Phi) is 3.34. The number of benzene rings is 1. The molecule has 1 aromatic heterocycles. The summed E-state index contributed by atoms with van der Waals surface area (Å²) in [5.41, 5.74) is 3.70. The third-order valence-corrected chi connectivity index (χ3v) is 6.65.